The van der Waals surface area contributed by atoms with E-state index in [1.54, 1.807) is 11.1 Å². The largest absolute Gasteiger partial charge is 0.393 e. The Morgan fingerprint density at radius 1 is 1.32 bits per heavy atom. The molecular formula is C20H27N3O2. The fourth-order valence-corrected chi connectivity index (χ4v) is 3.86. The third-order valence-electron chi connectivity index (χ3n) is 5.26. The van der Waals surface area contributed by atoms with Crippen molar-refractivity contribution in [1.82, 2.24) is 14.5 Å². The number of aryl methyl sites for hydroxylation is 1. The molecule has 5 nitrogen and oxygen atoms in total. The van der Waals surface area contributed by atoms with Crippen LogP contribution < -0.4 is 0 Å². The van der Waals surface area contributed by atoms with E-state index in [-0.39, 0.29) is 17.9 Å². The number of pyridine rings is 1. The molecule has 1 aliphatic rings. The van der Waals surface area contributed by atoms with Crippen molar-refractivity contribution in [3.63, 3.8) is 0 Å². The molecule has 2 heterocycles. The molecule has 134 valence electrons. The van der Waals surface area contributed by atoms with Crippen LogP contribution in [-0.4, -0.2) is 45.2 Å². The highest BCUT2D eigenvalue weighted by molar-refractivity contribution is 5.95. The number of nitrogens with zero attached hydrogens (tertiary/aromatic N) is 3. The highest BCUT2D eigenvalue weighted by Gasteiger charge is 2.27. The summed E-state index contributed by atoms with van der Waals surface area (Å²) < 4.78 is 2.01. The number of aliphatic hydroxyl groups is 1. The zero-order valence-corrected chi connectivity index (χ0v) is 15.3. The normalized spacial score (nSPS) is 20.5. The first-order chi connectivity index (χ1) is 12.0. The minimum atomic E-state index is -0.287. The molecular weight excluding hydrogens is 314 g/mol. The number of carbonyl (C=O) groups excluding carboxylic acids is 1. The first-order valence-electron chi connectivity index (χ1n) is 9.03. The quantitative estimate of drug-likeness (QED) is 0.929. The van der Waals surface area contributed by atoms with E-state index < -0.39 is 0 Å². The van der Waals surface area contributed by atoms with Crippen LogP contribution in [0.5, 0.6) is 0 Å². The van der Waals surface area contributed by atoms with Gasteiger partial charge in [-0.3, -0.25) is 4.79 Å². The van der Waals surface area contributed by atoms with Crippen molar-refractivity contribution in [2.24, 2.45) is 5.92 Å². The van der Waals surface area contributed by atoms with Crippen LogP contribution in [-0.2, 0) is 0 Å². The lowest BCUT2D eigenvalue weighted by Gasteiger charge is -2.31. The van der Waals surface area contributed by atoms with E-state index in [9.17, 15) is 9.90 Å². The van der Waals surface area contributed by atoms with E-state index in [2.05, 4.69) is 4.98 Å². The van der Waals surface area contributed by atoms with Crippen LogP contribution in [0.3, 0.4) is 0 Å². The predicted octanol–water partition coefficient (Wildman–Crippen LogP) is 3.11. The second-order valence-electron chi connectivity index (χ2n) is 7.11. The van der Waals surface area contributed by atoms with Gasteiger partial charge in [-0.15, -0.1) is 0 Å². The molecule has 3 rings (SSSR count). The Bertz CT molecular complexity index is 739. The molecule has 0 aliphatic heterocycles. The molecule has 5 heteroatoms. The van der Waals surface area contributed by atoms with Crippen molar-refractivity contribution in [1.29, 1.82) is 0 Å². The minimum absolute atomic E-state index is 0.00746. The molecule has 0 spiro atoms. The molecule has 0 aromatic carbocycles. The lowest BCUT2D eigenvalue weighted by Crippen LogP contribution is -2.38. The summed E-state index contributed by atoms with van der Waals surface area (Å²) in [6.45, 7) is 4.55. The van der Waals surface area contributed by atoms with E-state index in [1.165, 1.54) is 0 Å². The molecule has 1 aliphatic carbocycles. The molecule has 2 aromatic heterocycles. The number of aromatic nitrogens is 2. The molecule has 0 radical (unpaired) electrons. The Balaban J connectivity index is 1.80. The molecule has 1 amide bonds. The molecule has 2 atom stereocenters. The summed E-state index contributed by atoms with van der Waals surface area (Å²) in [6.07, 6.45) is 5.53. The highest BCUT2D eigenvalue weighted by atomic mass is 16.3. The summed E-state index contributed by atoms with van der Waals surface area (Å²) in [5.74, 6) is 1.01. The van der Waals surface area contributed by atoms with Gasteiger partial charge in [0.2, 0.25) is 0 Å². The van der Waals surface area contributed by atoms with Crippen LogP contribution in [0, 0.1) is 19.8 Å². The van der Waals surface area contributed by atoms with Crippen LogP contribution in [0.1, 0.15) is 47.4 Å². The summed E-state index contributed by atoms with van der Waals surface area (Å²) in [7, 11) is 1.83. The van der Waals surface area contributed by atoms with Crippen molar-refractivity contribution < 1.29 is 9.90 Å². The average Bonchev–Trinajstić information content (AvgIpc) is 2.91. The highest BCUT2D eigenvalue weighted by Crippen LogP contribution is 2.26. The van der Waals surface area contributed by atoms with Crippen molar-refractivity contribution in [2.75, 3.05) is 13.6 Å². The fourth-order valence-electron chi connectivity index (χ4n) is 3.86. The third kappa shape index (κ3) is 3.61. The van der Waals surface area contributed by atoms with Crippen LogP contribution in [0.15, 0.2) is 30.5 Å². The van der Waals surface area contributed by atoms with Gasteiger partial charge in [0.25, 0.3) is 5.91 Å². The second kappa shape index (κ2) is 7.40. The molecule has 1 saturated carbocycles. The maximum atomic E-state index is 13.0. The topological polar surface area (TPSA) is 58.4 Å². The van der Waals surface area contributed by atoms with E-state index in [0.29, 0.717) is 12.1 Å². The van der Waals surface area contributed by atoms with Crippen molar-refractivity contribution >= 4 is 5.91 Å². The smallest absolute Gasteiger partial charge is 0.255 e. The Kier molecular flexibility index (Phi) is 5.23. The van der Waals surface area contributed by atoms with Gasteiger partial charge < -0.3 is 14.6 Å². The Morgan fingerprint density at radius 3 is 2.76 bits per heavy atom. The van der Waals surface area contributed by atoms with Gasteiger partial charge in [-0.1, -0.05) is 18.9 Å². The van der Waals surface area contributed by atoms with Gasteiger partial charge in [-0.2, -0.15) is 0 Å². The number of amides is 1. The van der Waals surface area contributed by atoms with Gasteiger partial charge in [-0.25, -0.2) is 4.98 Å². The molecule has 0 saturated heterocycles. The lowest BCUT2D eigenvalue weighted by molar-refractivity contribution is 0.0451. The van der Waals surface area contributed by atoms with Crippen LogP contribution in [0.2, 0.25) is 0 Å². The van der Waals surface area contributed by atoms with E-state index >= 15 is 0 Å². The van der Waals surface area contributed by atoms with E-state index in [0.717, 1.165) is 42.9 Å². The maximum absolute atomic E-state index is 13.0. The number of carbonyl (C=O) groups is 1. The summed E-state index contributed by atoms with van der Waals surface area (Å²) in [4.78, 5) is 19.1. The van der Waals surface area contributed by atoms with Gasteiger partial charge in [0, 0.05) is 37.1 Å². The number of rotatable bonds is 4. The van der Waals surface area contributed by atoms with Crippen molar-refractivity contribution in [2.45, 2.75) is 45.6 Å². The standard InChI is InChI=1S/C20H27N3O2/c1-14-12-17(15(2)23(14)19-10-6-7-11-21-19)20(25)22(3)13-16-8-4-5-9-18(16)24/h6-7,10-12,16,18,24H,4-5,8-9,13H2,1-3H3/t16-,18+/m0/s1. The average molecular weight is 341 g/mol. The number of hydrogen-bond acceptors (Lipinski definition) is 3. The summed E-state index contributed by atoms with van der Waals surface area (Å²) in [6, 6.07) is 7.70. The zero-order valence-electron chi connectivity index (χ0n) is 15.3. The molecule has 0 bridgehead atoms. The SMILES string of the molecule is Cc1cc(C(=O)N(C)C[C@@H]2CCCC[C@H]2O)c(C)n1-c1ccccn1. The summed E-state index contributed by atoms with van der Waals surface area (Å²) in [5, 5.41) is 10.2. The fraction of sp³-hybridized carbons (Fsp3) is 0.500. The Labute approximate surface area is 149 Å². The van der Waals surface area contributed by atoms with Gasteiger partial charge >= 0.3 is 0 Å². The molecule has 0 unspecified atom stereocenters. The first-order valence-corrected chi connectivity index (χ1v) is 9.03. The van der Waals surface area contributed by atoms with Gasteiger partial charge in [0.05, 0.1) is 11.7 Å². The third-order valence-corrected chi connectivity index (χ3v) is 5.26. The molecule has 1 fully saturated rings. The van der Waals surface area contributed by atoms with Crippen molar-refractivity contribution in [3.8, 4) is 5.82 Å². The Morgan fingerprint density at radius 2 is 2.08 bits per heavy atom. The van der Waals surface area contributed by atoms with E-state index in [1.807, 2.05) is 49.7 Å². The second-order valence-corrected chi connectivity index (χ2v) is 7.11. The Hall–Kier alpha value is -2.14. The van der Waals surface area contributed by atoms with Gasteiger partial charge in [0.1, 0.15) is 5.82 Å². The number of hydrogen-bond donors (Lipinski definition) is 1. The van der Waals surface area contributed by atoms with Crippen LogP contribution >= 0.6 is 0 Å². The maximum Gasteiger partial charge on any atom is 0.255 e. The van der Waals surface area contributed by atoms with Crippen LogP contribution in [0.4, 0.5) is 0 Å². The predicted molar refractivity (Wildman–Crippen MR) is 98.0 cm³/mol. The summed E-state index contributed by atoms with van der Waals surface area (Å²) in [5.41, 5.74) is 2.60. The van der Waals surface area contributed by atoms with Gasteiger partial charge in [-0.05, 0) is 44.9 Å². The summed E-state index contributed by atoms with van der Waals surface area (Å²) >= 11 is 0. The minimum Gasteiger partial charge on any atom is -0.393 e. The van der Waals surface area contributed by atoms with E-state index in [4.69, 9.17) is 0 Å². The van der Waals surface area contributed by atoms with Gasteiger partial charge in [0.15, 0.2) is 0 Å². The van der Waals surface area contributed by atoms with Crippen LogP contribution in [0.25, 0.3) is 5.82 Å². The monoisotopic (exact) mass is 341 g/mol. The first kappa shape index (κ1) is 17.7. The molecule has 2 aromatic rings. The molecule has 25 heavy (non-hydrogen) atoms. The van der Waals surface area contributed by atoms with Crippen molar-refractivity contribution in [3.05, 3.63) is 47.4 Å². The zero-order chi connectivity index (χ0) is 18.0. The number of aliphatic hydroxyl groups excluding tert-OH is 1. The lowest BCUT2D eigenvalue weighted by atomic mass is 9.86. The molecule has 1 N–H and O–H groups in total.